The maximum absolute atomic E-state index is 13.7. The Labute approximate surface area is 107 Å². The smallest absolute Gasteiger partial charge is 0.190 e. The Morgan fingerprint density at radius 2 is 1.89 bits per heavy atom. The van der Waals surface area contributed by atoms with Crippen LogP contribution in [0.1, 0.15) is 32.3 Å². The molecule has 0 bridgehead atoms. The van der Waals surface area contributed by atoms with Gasteiger partial charge in [-0.25, -0.2) is 8.78 Å². The highest BCUT2D eigenvalue weighted by molar-refractivity contribution is 5.31. The van der Waals surface area contributed by atoms with Crippen LogP contribution in [0.2, 0.25) is 0 Å². The van der Waals surface area contributed by atoms with Crippen molar-refractivity contribution in [2.45, 2.75) is 33.1 Å². The van der Waals surface area contributed by atoms with Gasteiger partial charge in [0.2, 0.25) is 0 Å². The number of nitrogens with two attached hydrogens (primary N) is 1. The van der Waals surface area contributed by atoms with Crippen molar-refractivity contribution in [3.8, 4) is 5.75 Å². The third-order valence-corrected chi connectivity index (χ3v) is 2.78. The van der Waals surface area contributed by atoms with Crippen molar-refractivity contribution in [3.05, 3.63) is 29.3 Å². The van der Waals surface area contributed by atoms with Crippen LogP contribution in [0.25, 0.3) is 0 Å². The van der Waals surface area contributed by atoms with E-state index in [0.29, 0.717) is 25.1 Å². The predicted molar refractivity (Wildman–Crippen MR) is 68.7 cm³/mol. The van der Waals surface area contributed by atoms with Gasteiger partial charge in [-0.3, -0.25) is 0 Å². The van der Waals surface area contributed by atoms with E-state index < -0.39 is 11.6 Å². The van der Waals surface area contributed by atoms with Crippen molar-refractivity contribution >= 4 is 0 Å². The molecule has 1 aromatic rings. The molecular weight excluding hydrogens is 236 g/mol. The van der Waals surface area contributed by atoms with E-state index in [1.807, 2.05) is 6.92 Å². The monoisotopic (exact) mass is 257 g/mol. The molecule has 0 aliphatic heterocycles. The lowest BCUT2D eigenvalue weighted by atomic mass is 10.1. The van der Waals surface area contributed by atoms with E-state index in [2.05, 4.69) is 6.92 Å². The molecule has 0 fully saturated rings. The molecule has 4 heteroatoms. The van der Waals surface area contributed by atoms with Crippen molar-refractivity contribution in [3.63, 3.8) is 0 Å². The zero-order valence-corrected chi connectivity index (χ0v) is 11.0. The summed E-state index contributed by atoms with van der Waals surface area (Å²) in [6.45, 7) is 4.77. The molecule has 1 aromatic carbocycles. The number of ether oxygens (including phenoxy) is 1. The van der Waals surface area contributed by atoms with Crippen LogP contribution in [0.3, 0.4) is 0 Å². The molecule has 0 aliphatic rings. The van der Waals surface area contributed by atoms with E-state index in [4.69, 9.17) is 10.5 Å². The van der Waals surface area contributed by atoms with Gasteiger partial charge in [0, 0.05) is 0 Å². The Morgan fingerprint density at radius 3 is 2.39 bits per heavy atom. The van der Waals surface area contributed by atoms with Gasteiger partial charge in [-0.2, -0.15) is 0 Å². The van der Waals surface area contributed by atoms with E-state index >= 15 is 0 Å². The second kappa shape index (κ2) is 7.31. The first kappa shape index (κ1) is 14.9. The third kappa shape index (κ3) is 4.26. The molecule has 102 valence electrons. The molecule has 1 rings (SSSR count). The van der Waals surface area contributed by atoms with Crippen LogP contribution in [-0.4, -0.2) is 13.2 Å². The molecule has 2 N–H and O–H groups in total. The molecule has 0 amide bonds. The van der Waals surface area contributed by atoms with Crippen molar-refractivity contribution in [2.24, 2.45) is 11.7 Å². The average Bonchev–Trinajstić information content (AvgIpc) is 2.28. The minimum absolute atomic E-state index is 0.279. The van der Waals surface area contributed by atoms with E-state index in [9.17, 15) is 8.78 Å². The lowest BCUT2D eigenvalue weighted by molar-refractivity contribution is 0.231. The summed E-state index contributed by atoms with van der Waals surface area (Å²) in [5.41, 5.74) is 5.91. The number of rotatable bonds is 7. The van der Waals surface area contributed by atoms with Crippen LogP contribution in [0.4, 0.5) is 8.78 Å². The third-order valence-electron chi connectivity index (χ3n) is 2.78. The molecule has 0 spiro atoms. The normalized spacial score (nSPS) is 12.5. The van der Waals surface area contributed by atoms with E-state index in [0.717, 1.165) is 12.8 Å². The largest absolute Gasteiger partial charge is 0.487 e. The van der Waals surface area contributed by atoms with Gasteiger partial charge in [0.15, 0.2) is 17.4 Å². The predicted octanol–water partition coefficient (Wildman–Crippen LogP) is 3.28. The van der Waals surface area contributed by atoms with Gasteiger partial charge in [-0.1, -0.05) is 20.3 Å². The second-order valence-corrected chi connectivity index (χ2v) is 4.63. The van der Waals surface area contributed by atoms with E-state index in [1.165, 1.54) is 12.1 Å². The Morgan fingerprint density at radius 1 is 1.28 bits per heavy atom. The lowest BCUT2D eigenvalue weighted by Crippen LogP contribution is -2.11. The summed E-state index contributed by atoms with van der Waals surface area (Å²) in [5.74, 6) is -1.29. The Balaban J connectivity index is 2.71. The summed E-state index contributed by atoms with van der Waals surface area (Å²) in [5, 5.41) is 0. The molecule has 0 heterocycles. The molecule has 1 atom stereocenters. The highest BCUT2D eigenvalue weighted by Gasteiger charge is 2.13. The quantitative estimate of drug-likeness (QED) is 0.813. The average molecular weight is 257 g/mol. The Kier molecular flexibility index (Phi) is 6.05. The van der Waals surface area contributed by atoms with Crippen LogP contribution in [0.5, 0.6) is 5.75 Å². The molecule has 18 heavy (non-hydrogen) atoms. The van der Waals surface area contributed by atoms with Crippen LogP contribution < -0.4 is 10.5 Å². The first-order chi connectivity index (χ1) is 8.58. The fourth-order valence-corrected chi connectivity index (χ4v) is 1.86. The summed E-state index contributed by atoms with van der Waals surface area (Å²) in [7, 11) is 0. The first-order valence-corrected chi connectivity index (χ1v) is 6.39. The Bertz CT molecular complexity index is 359. The fourth-order valence-electron chi connectivity index (χ4n) is 1.86. The SMILES string of the molecule is CCCC(C)COc1c(F)cc(CCN)cc1F. The van der Waals surface area contributed by atoms with Crippen molar-refractivity contribution in [1.82, 2.24) is 0 Å². The van der Waals surface area contributed by atoms with Gasteiger partial charge in [0.25, 0.3) is 0 Å². The maximum Gasteiger partial charge on any atom is 0.190 e. The highest BCUT2D eigenvalue weighted by atomic mass is 19.1. The zero-order chi connectivity index (χ0) is 13.5. The number of halogens is 2. The number of hydrogen-bond donors (Lipinski definition) is 1. The summed E-state index contributed by atoms with van der Waals surface area (Å²) >= 11 is 0. The minimum Gasteiger partial charge on any atom is -0.487 e. The molecule has 0 radical (unpaired) electrons. The molecule has 0 saturated heterocycles. The van der Waals surface area contributed by atoms with Crippen LogP contribution in [0.15, 0.2) is 12.1 Å². The Hall–Kier alpha value is -1.16. The molecule has 0 saturated carbocycles. The lowest BCUT2D eigenvalue weighted by Gasteiger charge is -2.14. The van der Waals surface area contributed by atoms with Crippen LogP contribution >= 0.6 is 0 Å². The molecule has 2 nitrogen and oxygen atoms in total. The first-order valence-electron chi connectivity index (χ1n) is 6.39. The second-order valence-electron chi connectivity index (χ2n) is 4.63. The van der Waals surface area contributed by atoms with Crippen molar-refractivity contribution in [2.75, 3.05) is 13.2 Å². The summed E-state index contributed by atoms with van der Waals surface area (Å²) in [6.07, 6.45) is 2.47. The summed E-state index contributed by atoms with van der Waals surface area (Å²) in [6, 6.07) is 2.57. The van der Waals surface area contributed by atoms with Gasteiger partial charge >= 0.3 is 0 Å². The summed E-state index contributed by atoms with van der Waals surface area (Å²) in [4.78, 5) is 0. The summed E-state index contributed by atoms with van der Waals surface area (Å²) < 4.78 is 32.6. The van der Waals surface area contributed by atoms with Crippen molar-refractivity contribution in [1.29, 1.82) is 0 Å². The highest BCUT2D eigenvalue weighted by Crippen LogP contribution is 2.24. The van der Waals surface area contributed by atoms with Gasteiger partial charge < -0.3 is 10.5 Å². The van der Waals surface area contributed by atoms with Gasteiger partial charge in [0.05, 0.1) is 6.61 Å². The molecular formula is C14H21F2NO. The zero-order valence-electron chi connectivity index (χ0n) is 11.0. The maximum atomic E-state index is 13.7. The molecule has 0 aromatic heterocycles. The number of benzene rings is 1. The standard InChI is InChI=1S/C14H21F2NO/c1-3-4-10(2)9-18-14-12(15)7-11(5-6-17)8-13(14)16/h7-8,10H,3-6,9,17H2,1-2H3. The van der Waals surface area contributed by atoms with Crippen LogP contribution in [-0.2, 0) is 6.42 Å². The number of hydrogen-bond acceptors (Lipinski definition) is 2. The molecule has 1 unspecified atom stereocenters. The fraction of sp³-hybridized carbons (Fsp3) is 0.571. The molecule has 0 aliphatic carbocycles. The van der Waals surface area contributed by atoms with E-state index in [1.54, 1.807) is 0 Å². The van der Waals surface area contributed by atoms with E-state index in [-0.39, 0.29) is 11.7 Å². The van der Waals surface area contributed by atoms with Crippen LogP contribution in [0, 0.1) is 17.6 Å². The van der Waals surface area contributed by atoms with Gasteiger partial charge in [-0.15, -0.1) is 0 Å². The van der Waals surface area contributed by atoms with Crippen molar-refractivity contribution < 1.29 is 13.5 Å². The topological polar surface area (TPSA) is 35.2 Å². The minimum atomic E-state index is -0.651. The van der Waals surface area contributed by atoms with Gasteiger partial charge in [0.1, 0.15) is 0 Å². The van der Waals surface area contributed by atoms with Gasteiger partial charge in [-0.05, 0) is 43.0 Å².